The predicted molar refractivity (Wildman–Crippen MR) is 98.7 cm³/mol. The van der Waals surface area contributed by atoms with Gasteiger partial charge in [-0.2, -0.15) is 0 Å². The van der Waals surface area contributed by atoms with Gasteiger partial charge in [-0.1, -0.05) is 36.4 Å². The van der Waals surface area contributed by atoms with Crippen LogP contribution in [0.1, 0.15) is 11.7 Å². The zero-order chi connectivity index (χ0) is 17.9. The Morgan fingerprint density at radius 1 is 1.04 bits per heavy atom. The minimum absolute atomic E-state index is 0.234. The normalized spacial score (nSPS) is 15.8. The smallest absolute Gasteiger partial charge is 0.257 e. The van der Waals surface area contributed by atoms with Crippen LogP contribution in [0.25, 0.3) is 0 Å². The van der Waals surface area contributed by atoms with Crippen LogP contribution in [-0.4, -0.2) is 21.0 Å². The molecule has 2 aromatic carbocycles. The van der Waals surface area contributed by atoms with Crippen molar-refractivity contribution in [1.29, 1.82) is 0 Å². The molecule has 1 aromatic heterocycles. The van der Waals surface area contributed by atoms with Crippen molar-refractivity contribution in [3.05, 3.63) is 90.5 Å². The molecule has 128 valence electrons. The van der Waals surface area contributed by atoms with Crippen LogP contribution in [0.4, 0.5) is 17.2 Å². The van der Waals surface area contributed by atoms with E-state index in [2.05, 4.69) is 15.3 Å². The molecule has 1 aliphatic rings. The molecule has 2 N–H and O–H groups in total. The number of carbonyl (C=O) groups excluding carboxylic acids is 1. The van der Waals surface area contributed by atoms with E-state index in [1.807, 2.05) is 59.5 Å². The highest BCUT2D eigenvalue weighted by Crippen LogP contribution is 2.40. The molecule has 0 bridgehead atoms. The molecular formula is C20H16N4O2. The maximum atomic E-state index is 12.7. The lowest BCUT2D eigenvalue weighted by Gasteiger charge is -2.31. The number of aromatic nitrogens is 2. The number of carbonyl (C=O) groups is 1. The maximum Gasteiger partial charge on any atom is 0.257 e. The number of anilines is 3. The van der Waals surface area contributed by atoms with Crippen LogP contribution in [0, 0.1) is 0 Å². The van der Waals surface area contributed by atoms with Crippen LogP contribution < -0.4 is 10.2 Å². The summed E-state index contributed by atoms with van der Waals surface area (Å²) in [6.07, 6.45) is 5.11. The largest absolute Gasteiger partial charge is 0.383 e. The van der Waals surface area contributed by atoms with Gasteiger partial charge in [-0.05, 0) is 18.2 Å². The lowest BCUT2D eigenvalue weighted by atomic mass is 9.95. The number of fused-ring (bicyclic) bond motifs is 1. The standard InChI is InChI=1S/C20H16N4O2/c25-19-15-8-4-5-9-17(15)24(14-6-2-1-3-7-14)13-16(19)20(26)23-18-12-21-10-11-22-18/h1-13,19,25H,(H,22,23,26). The Labute approximate surface area is 150 Å². The van der Waals surface area contributed by atoms with Crippen molar-refractivity contribution in [1.82, 2.24) is 9.97 Å². The van der Waals surface area contributed by atoms with Gasteiger partial charge in [0.15, 0.2) is 5.82 Å². The first-order chi connectivity index (χ1) is 12.7. The molecule has 1 atom stereocenters. The molecule has 1 amide bonds. The first-order valence-electron chi connectivity index (χ1n) is 8.14. The van der Waals surface area contributed by atoms with Crippen molar-refractivity contribution in [2.45, 2.75) is 6.10 Å². The number of para-hydroxylation sites is 2. The average molecular weight is 344 g/mol. The second-order valence-corrected chi connectivity index (χ2v) is 5.80. The maximum absolute atomic E-state index is 12.7. The number of benzene rings is 2. The van der Waals surface area contributed by atoms with Crippen LogP contribution in [-0.2, 0) is 4.79 Å². The Balaban J connectivity index is 1.74. The summed E-state index contributed by atoms with van der Waals surface area (Å²) in [5, 5.41) is 13.4. The number of nitrogens with zero attached hydrogens (tertiary/aromatic N) is 3. The van der Waals surface area contributed by atoms with Crippen molar-refractivity contribution >= 4 is 23.1 Å². The Kier molecular flexibility index (Phi) is 4.17. The zero-order valence-corrected chi connectivity index (χ0v) is 13.8. The molecule has 4 rings (SSSR count). The van der Waals surface area contributed by atoms with Crippen LogP contribution in [0.3, 0.4) is 0 Å². The summed E-state index contributed by atoms with van der Waals surface area (Å²) in [5.74, 6) is -0.0934. The van der Waals surface area contributed by atoms with E-state index in [-0.39, 0.29) is 5.57 Å². The fraction of sp³-hybridized carbons (Fsp3) is 0.0500. The Bertz CT molecular complexity index is 958. The van der Waals surface area contributed by atoms with E-state index in [0.717, 1.165) is 11.4 Å². The number of amides is 1. The van der Waals surface area contributed by atoms with E-state index in [1.165, 1.54) is 18.6 Å². The first-order valence-corrected chi connectivity index (χ1v) is 8.14. The number of aliphatic hydroxyl groups is 1. The number of aliphatic hydroxyl groups excluding tert-OH is 1. The highest BCUT2D eigenvalue weighted by Gasteiger charge is 2.30. The number of nitrogens with one attached hydrogen (secondary N) is 1. The van der Waals surface area contributed by atoms with Gasteiger partial charge in [-0.15, -0.1) is 0 Å². The lowest BCUT2D eigenvalue weighted by Crippen LogP contribution is -2.27. The number of rotatable bonds is 3. The third-order valence-electron chi connectivity index (χ3n) is 4.15. The van der Waals surface area contributed by atoms with Gasteiger partial charge in [0, 0.05) is 29.8 Å². The van der Waals surface area contributed by atoms with Gasteiger partial charge >= 0.3 is 0 Å². The highest BCUT2D eigenvalue weighted by molar-refractivity contribution is 6.05. The third kappa shape index (κ3) is 2.94. The monoisotopic (exact) mass is 344 g/mol. The van der Waals surface area contributed by atoms with Gasteiger partial charge in [-0.3, -0.25) is 9.78 Å². The molecule has 3 aromatic rings. The number of hydrogen-bond acceptors (Lipinski definition) is 5. The molecule has 0 saturated heterocycles. The summed E-state index contributed by atoms with van der Waals surface area (Å²) in [5.41, 5.74) is 2.64. The zero-order valence-electron chi connectivity index (χ0n) is 13.8. The van der Waals surface area contributed by atoms with Crippen molar-refractivity contribution in [2.24, 2.45) is 0 Å². The molecule has 6 nitrogen and oxygen atoms in total. The van der Waals surface area contributed by atoms with Crippen LogP contribution in [0.5, 0.6) is 0 Å². The Hall–Kier alpha value is -3.51. The molecule has 0 spiro atoms. The number of hydrogen-bond donors (Lipinski definition) is 2. The highest BCUT2D eigenvalue weighted by atomic mass is 16.3. The molecule has 6 heteroatoms. The molecule has 26 heavy (non-hydrogen) atoms. The van der Waals surface area contributed by atoms with Crippen LogP contribution >= 0.6 is 0 Å². The fourth-order valence-corrected chi connectivity index (χ4v) is 2.92. The second-order valence-electron chi connectivity index (χ2n) is 5.80. The van der Waals surface area contributed by atoms with Gasteiger partial charge in [0.1, 0.15) is 6.10 Å². The molecule has 0 saturated carbocycles. The SMILES string of the molecule is O=C(Nc1cnccn1)C1=CN(c2ccccc2)c2ccccc2C1O. The molecule has 0 radical (unpaired) electrons. The summed E-state index contributed by atoms with van der Waals surface area (Å²) in [6, 6.07) is 17.2. The topological polar surface area (TPSA) is 78.4 Å². The van der Waals surface area contributed by atoms with E-state index >= 15 is 0 Å². The minimum atomic E-state index is -1.03. The van der Waals surface area contributed by atoms with Gasteiger partial charge < -0.3 is 15.3 Å². The van der Waals surface area contributed by atoms with Gasteiger partial charge in [0.25, 0.3) is 5.91 Å². The van der Waals surface area contributed by atoms with E-state index in [4.69, 9.17) is 0 Å². The Morgan fingerprint density at radius 3 is 2.58 bits per heavy atom. The first kappa shape index (κ1) is 16.0. The van der Waals surface area contributed by atoms with Crippen molar-refractivity contribution < 1.29 is 9.90 Å². The predicted octanol–water partition coefficient (Wildman–Crippen LogP) is 3.18. The van der Waals surface area contributed by atoms with Crippen LogP contribution in [0.2, 0.25) is 0 Å². The molecule has 0 fully saturated rings. The van der Waals surface area contributed by atoms with Gasteiger partial charge in [0.2, 0.25) is 0 Å². The minimum Gasteiger partial charge on any atom is -0.383 e. The van der Waals surface area contributed by atoms with Gasteiger partial charge in [0.05, 0.1) is 17.5 Å². The van der Waals surface area contributed by atoms with E-state index < -0.39 is 12.0 Å². The average Bonchev–Trinajstić information content (AvgIpc) is 2.70. The summed E-state index contributed by atoms with van der Waals surface area (Å²) in [7, 11) is 0. The molecule has 0 aliphatic carbocycles. The fourth-order valence-electron chi connectivity index (χ4n) is 2.92. The van der Waals surface area contributed by atoms with E-state index in [0.29, 0.717) is 11.4 Å². The van der Waals surface area contributed by atoms with Gasteiger partial charge in [-0.25, -0.2) is 4.98 Å². The van der Waals surface area contributed by atoms with Crippen LogP contribution in [0.15, 0.2) is 85.0 Å². The van der Waals surface area contributed by atoms with E-state index in [9.17, 15) is 9.90 Å². The second kappa shape index (κ2) is 6.78. The van der Waals surface area contributed by atoms with Crippen molar-refractivity contribution in [2.75, 3.05) is 10.2 Å². The summed E-state index contributed by atoms with van der Waals surface area (Å²) in [4.78, 5) is 22.6. The molecule has 1 aliphatic heterocycles. The summed E-state index contributed by atoms with van der Waals surface area (Å²) < 4.78 is 0. The van der Waals surface area contributed by atoms with E-state index in [1.54, 1.807) is 6.20 Å². The Morgan fingerprint density at radius 2 is 1.81 bits per heavy atom. The summed E-state index contributed by atoms with van der Waals surface area (Å²) >= 11 is 0. The molecular weight excluding hydrogens is 328 g/mol. The third-order valence-corrected chi connectivity index (χ3v) is 4.15. The lowest BCUT2D eigenvalue weighted by molar-refractivity contribution is -0.113. The van der Waals surface area contributed by atoms with Crippen molar-refractivity contribution in [3.63, 3.8) is 0 Å². The molecule has 1 unspecified atom stereocenters. The van der Waals surface area contributed by atoms with Crippen molar-refractivity contribution in [3.8, 4) is 0 Å². The molecule has 2 heterocycles. The summed E-state index contributed by atoms with van der Waals surface area (Å²) in [6.45, 7) is 0. The quantitative estimate of drug-likeness (QED) is 0.763.